The smallest absolute Gasteiger partial charge is 0.136 e. The Hall–Kier alpha value is -3.84. The Kier molecular flexibility index (Phi) is 4.16. The lowest BCUT2D eigenvalue weighted by atomic mass is 9.80. The van der Waals surface area contributed by atoms with Gasteiger partial charge in [-0.2, -0.15) is 0 Å². The SMILES string of the molecule is CC(C)c1ccc2c(c1)C(C)(C)c1cc(-c3ccc4oc5ccc6ccccc6c5c4c3)ccc1-2. The van der Waals surface area contributed by atoms with E-state index < -0.39 is 0 Å². The van der Waals surface area contributed by atoms with Crippen molar-refractivity contribution in [3.63, 3.8) is 0 Å². The Balaban J connectivity index is 1.41. The lowest BCUT2D eigenvalue weighted by Gasteiger charge is -2.23. The van der Waals surface area contributed by atoms with Gasteiger partial charge in [0, 0.05) is 16.2 Å². The van der Waals surface area contributed by atoms with Gasteiger partial charge in [-0.1, -0.05) is 94.4 Å². The van der Waals surface area contributed by atoms with E-state index in [1.54, 1.807) is 0 Å². The third-order valence-corrected chi connectivity index (χ3v) is 8.06. The van der Waals surface area contributed by atoms with Gasteiger partial charge in [-0.05, 0) is 79.9 Å². The van der Waals surface area contributed by atoms with E-state index in [9.17, 15) is 0 Å². The van der Waals surface area contributed by atoms with E-state index >= 15 is 0 Å². The Labute approximate surface area is 206 Å². The number of hydrogen-bond donors (Lipinski definition) is 0. The normalized spacial score (nSPS) is 14.2. The second-order valence-corrected chi connectivity index (χ2v) is 10.8. The van der Waals surface area contributed by atoms with Crippen molar-refractivity contribution >= 4 is 32.7 Å². The molecule has 1 heterocycles. The van der Waals surface area contributed by atoms with Crippen molar-refractivity contribution in [3.8, 4) is 22.3 Å². The highest BCUT2D eigenvalue weighted by Gasteiger charge is 2.35. The van der Waals surface area contributed by atoms with Gasteiger partial charge in [0.15, 0.2) is 0 Å². The summed E-state index contributed by atoms with van der Waals surface area (Å²) >= 11 is 0. The van der Waals surface area contributed by atoms with Crippen molar-refractivity contribution in [2.24, 2.45) is 0 Å². The second-order valence-electron chi connectivity index (χ2n) is 10.8. The van der Waals surface area contributed by atoms with Crippen LogP contribution in [0.3, 0.4) is 0 Å². The molecule has 0 N–H and O–H groups in total. The molecule has 1 aromatic heterocycles. The monoisotopic (exact) mass is 452 g/mol. The van der Waals surface area contributed by atoms with E-state index in [2.05, 4.69) is 119 Å². The van der Waals surface area contributed by atoms with Gasteiger partial charge in [-0.25, -0.2) is 0 Å². The van der Waals surface area contributed by atoms with Crippen LogP contribution in [0.1, 0.15) is 50.3 Å². The third-order valence-electron chi connectivity index (χ3n) is 8.06. The van der Waals surface area contributed by atoms with Crippen LogP contribution in [0.4, 0.5) is 0 Å². The van der Waals surface area contributed by atoms with Gasteiger partial charge in [0.2, 0.25) is 0 Å². The molecule has 0 saturated heterocycles. The van der Waals surface area contributed by atoms with Crippen LogP contribution in [0.5, 0.6) is 0 Å². The van der Waals surface area contributed by atoms with Crippen LogP contribution in [0.25, 0.3) is 55.0 Å². The molecule has 1 heteroatoms. The zero-order valence-corrected chi connectivity index (χ0v) is 20.6. The summed E-state index contributed by atoms with van der Waals surface area (Å²) in [6, 6.07) is 33.5. The molecule has 0 amide bonds. The molecule has 0 aliphatic heterocycles. The summed E-state index contributed by atoms with van der Waals surface area (Å²) < 4.78 is 6.23. The molecule has 0 spiro atoms. The van der Waals surface area contributed by atoms with Crippen LogP contribution in [-0.4, -0.2) is 0 Å². The number of benzene rings is 5. The van der Waals surface area contributed by atoms with Crippen molar-refractivity contribution in [3.05, 3.63) is 108 Å². The van der Waals surface area contributed by atoms with Crippen molar-refractivity contribution in [1.29, 1.82) is 0 Å². The molecule has 170 valence electrons. The van der Waals surface area contributed by atoms with Crippen molar-refractivity contribution < 1.29 is 4.42 Å². The molecule has 0 fully saturated rings. The molecule has 35 heavy (non-hydrogen) atoms. The van der Waals surface area contributed by atoms with Crippen molar-refractivity contribution in [2.45, 2.75) is 39.0 Å². The first kappa shape index (κ1) is 20.5. The van der Waals surface area contributed by atoms with Gasteiger partial charge in [-0.3, -0.25) is 0 Å². The molecular formula is C34H28O. The van der Waals surface area contributed by atoms with E-state index in [4.69, 9.17) is 4.42 Å². The zero-order chi connectivity index (χ0) is 23.9. The van der Waals surface area contributed by atoms with Crippen molar-refractivity contribution in [2.75, 3.05) is 0 Å². The minimum atomic E-state index is -0.0196. The van der Waals surface area contributed by atoms with Gasteiger partial charge >= 0.3 is 0 Å². The maximum atomic E-state index is 6.23. The number of rotatable bonds is 2. The van der Waals surface area contributed by atoms with Crippen LogP contribution in [0.2, 0.25) is 0 Å². The quantitative estimate of drug-likeness (QED) is 0.255. The molecule has 0 atom stereocenters. The molecule has 6 aromatic rings. The first-order valence-corrected chi connectivity index (χ1v) is 12.6. The highest BCUT2D eigenvalue weighted by atomic mass is 16.3. The number of furan rings is 1. The molecule has 0 radical (unpaired) electrons. The minimum Gasteiger partial charge on any atom is -0.456 e. The minimum absolute atomic E-state index is 0.0196. The summed E-state index contributed by atoms with van der Waals surface area (Å²) in [5.74, 6) is 0.531. The highest BCUT2D eigenvalue weighted by Crippen LogP contribution is 2.50. The van der Waals surface area contributed by atoms with Crippen LogP contribution >= 0.6 is 0 Å². The Bertz CT molecular complexity index is 1800. The largest absolute Gasteiger partial charge is 0.456 e. The van der Waals surface area contributed by atoms with Crippen LogP contribution < -0.4 is 0 Å². The van der Waals surface area contributed by atoms with E-state index in [0.29, 0.717) is 5.92 Å². The van der Waals surface area contributed by atoms with Crippen LogP contribution in [-0.2, 0) is 5.41 Å². The van der Waals surface area contributed by atoms with Crippen molar-refractivity contribution in [1.82, 2.24) is 0 Å². The highest BCUT2D eigenvalue weighted by molar-refractivity contribution is 6.19. The molecule has 1 aliphatic rings. The predicted octanol–water partition coefficient (Wildman–Crippen LogP) is 9.84. The molecule has 1 nitrogen and oxygen atoms in total. The molecule has 1 aliphatic carbocycles. The molecule has 0 bridgehead atoms. The first-order valence-electron chi connectivity index (χ1n) is 12.6. The average molecular weight is 453 g/mol. The fourth-order valence-electron chi connectivity index (χ4n) is 6.02. The average Bonchev–Trinajstić information content (AvgIpc) is 3.36. The zero-order valence-electron chi connectivity index (χ0n) is 20.6. The summed E-state index contributed by atoms with van der Waals surface area (Å²) in [5.41, 5.74) is 11.4. The Morgan fingerprint density at radius 1 is 0.629 bits per heavy atom. The lowest BCUT2D eigenvalue weighted by molar-refractivity contribution is 0.658. The Morgan fingerprint density at radius 3 is 2.14 bits per heavy atom. The van der Waals surface area contributed by atoms with E-state index in [-0.39, 0.29) is 5.41 Å². The second kappa shape index (κ2) is 7.09. The van der Waals surface area contributed by atoms with Gasteiger partial charge in [0.25, 0.3) is 0 Å². The van der Waals surface area contributed by atoms with Gasteiger partial charge in [0.1, 0.15) is 11.2 Å². The summed E-state index contributed by atoms with van der Waals surface area (Å²) in [6.07, 6.45) is 0. The van der Waals surface area contributed by atoms with Gasteiger partial charge in [0.05, 0.1) is 0 Å². The first-order chi connectivity index (χ1) is 16.9. The molecular weight excluding hydrogens is 424 g/mol. The lowest BCUT2D eigenvalue weighted by Crippen LogP contribution is -2.15. The van der Waals surface area contributed by atoms with E-state index in [1.165, 1.54) is 60.5 Å². The molecule has 7 rings (SSSR count). The molecule has 5 aromatic carbocycles. The maximum Gasteiger partial charge on any atom is 0.136 e. The van der Waals surface area contributed by atoms with Gasteiger partial charge in [-0.15, -0.1) is 0 Å². The molecule has 0 unspecified atom stereocenters. The summed E-state index contributed by atoms with van der Waals surface area (Å²) in [4.78, 5) is 0. The molecule has 0 saturated carbocycles. The number of hydrogen-bond acceptors (Lipinski definition) is 1. The summed E-state index contributed by atoms with van der Waals surface area (Å²) in [7, 11) is 0. The maximum absolute atomic E-state index is 6.23. The van der Waals surface area contributed by atoms with Gasteiger partial charge < -0.3 is 4.42 Å². The Morgan fingerprint density at radius 2 is 1.31 bits per heavy atom. The topological polar surface area (TPSA) is 13.1 Å². The summed E-state index contributed by atoms with van der Waals surface area (Å²) in [6.45, 7) is 9.27. The number of fused-ring (bicyclic) bond motifs is 8. The standard InChI is InChI=1S/C34H28O/c1-20(2)22-9-13-26-27-14-10-24(19-30(27)34(3,4)29(26)18-22)23-12-15-31-28(17-23)33-25-8-6-5-7-21(25)11-16-32(33)35-31/h5-20H,1-4H3. The third kappa shape index (κ3) is 2.88. The predicted molar refractivity (Wildman–Crippen MR) is 148 cm³/mol. The fourth-order valence-corrected chi connectivity index (χ4v) is 6.02. The summed E-state index contributed by atoms with van der Waals surface area (Å²) in [5, 5.41) is 4.87. The van der Waals surface area contributed by atoms with Crippen LogP contribution in [0.15, 0.2) is 95.4 Å². The van der Waals surface area contributed by atoms with E-state index in [1.807, 2.05) is 0 Å². The van der Waals surface area contributed by atoms with E-state index in [0.717, 1.165) is 11.2 Å². The fraction of sp³-hybridized carbons (Fsp3) is 0.176. The van der Waals surface area contributed by atoms with Crippen LogP contribution in [0, 0.1) is 0 Å².